The van der Waals surface area contributed by atoms with Gasteiger partial charge in [0.25, 0.3) is 0 Å². The minimum atomic E-state index is -0.557. The molecule has 6 rings (SSSR count). The van der Waals surface area contributed by atoms with Crippen LogP contribution >= 0.6 is 0 Å². The minimum Gasteiger partial charge on any atom is -0.481 e. The summed E-state index contributed by atoms with van der Waals surface area (Å²) in [5.74, 6) is 3.48. The van der Waals surface area contributed by atoms with Crippen molar-refractivity contribution >= 4 is 12.0 Å². The molecule has 23 heavy (non-hydrogen) atoms. The second-order valence-electron chi connectivity index (χ2n) is 7.83. The number of carbonyl (C=O) groups is 1. The Morgan fingerprint density at radius 3 is 2.65 bits per heavy atom. The third-order valence-electron chi connectivity index (χ3n) is 7.15. The highest BCUT2D eigenvalue weighted by Gasteiger charge is 2.69. The number of carboxylic acid groups (broad SMARTS) is 1. The molecular weight excluding hydrogens is 284 g/mol. The van der Waals surface area contributed by atoms with E-state index in [1.807, 2.05) is 6.07 Å². The van der Waals surface area contributed by atoms with Crippen LogP contribution in [-0.2, 0) is 4.79 Å². The molecule has 1 aromatic rings. The second kappa shape index (κ2) is 4.83. The molecule has 5 aliphatic carbocycles. The Balaban J connectivity index is 1.36. The standard InChI is InChI=1S/C21H22O2/c22-21(23)20-15-10-9-14-17(20)11-16-13(18(15)19(14)16)8-4-7-12-5-2-1-3-6-12/h1-7,9-10,13-20H,8,11H2,(H,22,23)/b7-4+. The molecular formula is C21H22O2. The Labute approximate surface area is 136 Å². The number of carboxylic acids is 1. The van der Waals surface area contributed by atoms with Crippen LogP contribution in [0.2, 0.25) is 0 Å². The first-order chi connectivity index (χ1) is 11.3. The average molecular weight is 306 g/mol. The van der Waals surface area contributed by atoms with E-state index in [9.17, 15) is 9.90 Å². The first-order valence-corrected chi connectivity index (χ1v) is 8.88. The largest absolute Gasteiger partial charge is 0.481 e. The third kappa shape index (κ3) is 1.78. The molecule has 0 saturated heterocycles. The van der Waals surface area contributed by atoms with Gasteiger partial charge < -0.3 is 5.11 Å². The van der Waals surface area contributed by atoms with Gasteiger partial charge in [-0.3, -0.25) is 4.79 Å². The summed E-state index contributed by atoms with van der Waals surface area (Å²) in [7, 11) is 0. The first-order valence-electron chi connectivity index (χ1n) is 8.88. The number of aliphatic carboxylic acids is 1. The van der Waals surface area contributed by atoms with Gasteiger partial charge in [-0.1, -0.05) is 54.6 Å². The lowest BCUT2D eigenvalue weighted by atomic mass is 9.45. The van der Waals surface area contributed by atoms with Crippen LogP contribution in [-0.4, -0.2) is 11.1 Å². The normalized spacial score (nSPS) is 45.4. The summed E-state index contributed by atoms with van der Waals surface area (Å²) in [5, 5.41) is 9.68. The molecule has 0 spiro atoms. The lowest BCUT2D eigenvalue weighted by molar-refractivity contribution is -0.154. The smallest absolute Gasteiger partial charge is 0.307 e. The molecule has 5 aliphatic rings. The van der Waals surface area contributed by atoms with Gasteiger partial charge in [-0.05, 0) is 59.8 Å². The van der Waals surface area contributed by atoms with Crippen molar-refractivity contribution in [2.75, 3.05) is 0 Å². The third-order valence-corrected chi connectivity index (χ3v) is 7.15. The zero-order valence-corrected chi connectivity index (χ0v) is 13.1. The molecule has 0 amide bonds. The predicted octanol–water partition coefficient (Wildman–Crippen LogP) is 4.10. The molecule has 8 atom stereocenters. The molecule has 3 saturated carbocycles. The fourth-order valence-electron chi connectivity index (χ4n) is 6.46. The van der Waals surface area contributed by atoms with Crippen LogP contribution in [0.25, 0.3) is 6.08 Å². The van der Waals surface area contributed by atoms with Crippen molar-refractivity contribution in [3.05, 3.63) is 54.1 Å². The van der Waals surface area contributed by atoms with Gasteiger partial charge in [0.15, 0.2) is 0 Å². The number of allylic oxidation sites excluding steroid dienone is 3. The monoisotopic (exact) mass is 306 g/mol. The van der Waals surface area contributed by atoms with Gasteiger partial charge in [0.1, 0.15) is 0 Å². The number of rotatable bonds is 4. The number of hydrogen-bond acceptors (Lipinski definition) is 1. The zero-order valence-electron chi connectivity index (χ0n) is 13.1. The van der Waals surface area contributed by atoms with E-state index in [1.165, 1.54) is 5.56 Å². The summed E-state index contributed by atoms with van der Waals surface area (Å²) in [6.45, 7) is 0. The SMILES string of the molecule is O=C(O)C1C2C=CC3C1CC1C(C/C=C/c4ccccc4)C2C31. The van der Waals surface area contributed by atoms with E-state index in [0.717, 1.165) is 24.7 Å². The molecule has 0 aromatic heterocycles. The van der Waals surface area contributed by atoms with Gasteiger partial charge in [-0.15, -0.1) is 0 Å². The molecule has 1 aromatic carbocycles. The van der Waals surface area contributed by atoms with Gasteiger partial charge >= 0.3 is 5.97 Å². The Morgan fingerprint density at radius 2 is 1.87 bits per heavy atom. The quantitative estimate of drug-likeness (QED) is 0.850. The van der Waals surface area contributed by atoms with Gasteiger partial charge in [0.2, 0.25) is 0 Å². The van der Waals surface area contributed by atoms with Crippen LogP contribution in [0.3, 0.4) is 0 Å². The molecule has 8 unspecified atom stereocenters. The van der Waals surface area contributed by atoms with Crippen LogP contribution < -0.4 is 0 Å². The van der Waals surface area contributed by atoms with Crippen molar-refractivity contribution in [2.24, 2.45) is 47.3 Å². The molecule has 0 aliphatic heterocycles. The minimum absolute atomic E-state index is 0.112. The van der Waals surface area contributed by atoms with Crippen LogP contribution in [0.5, 0.6) is 0 Å². The van der Waals surface area contributed by atoms with Gasteiger partial charge in [0, 0.05) is 0 Å². The van der Waals surface area contributed by atoms with Crippen molar-refractivity contribution in [3.8, 4) is 0 Å². The highest BCUT2D eigenvalue weighted by molar-refractivity contribution is 5.72. The van der Waals surface area contributed by atoms with Crippen LogP contribution in [0.4, 0.5) is 0 Å². The van der Waals surface area contributed by atoms with Crippen LogP contribution in [0.15, 0.2) is 48.6 Å². The predicted molar refractivity (Wildman–Crippen MR) is 89.4 cm³/mol. The van der Waals surface area contributed by atoms with E-state index < -0.39 is 5.97 Å². The topological polar surface area (TPSA) is 37.3 Å². The summed E-state index contributed by atoms with van der Waals surface area (Å²) in [4.78, 5) is 11.8. The highest BCUT2D eigenvalue weighted by Crippen LogP contribution is 2.72. The lowest BCUT2D eigenvalue weighted by Crippen LogP contribution is -2.56. The molecule has 1 N–H and O–H groups in total. The van der Waals surface area contributed by atoms with Gasteiger partial charge in [-0.25, -0.2) is 0 Å². The molecule has 118 valence electrons. The van der Waals surface area contributed by atoms with E-state index >= 15 is 0 Å². The van der Waals surface area contributed by atoms with E-state index in [2.05, 4.69) is 48.6 Å². The van der Waals surface area contributed by atoms with Crippen molar-refractivity contribution < 1.29 is 9.90 Å². The van der Waals surface area contributed by atoms with E-state index in [0.29, 0.717) is 29.6 Å². The zero-order chi connectivity index (χ0) is 15.6. The Bertz CT molecular complexity index is 689. The molecule has 2 heteroatoms. The maximum absolute atomic E-state index is 11.8. The van der Waals surface area contributed by atoms with Gasteiger partial charge in [-0.2, -0.15) is 0 Å². The fraction of sp³-hybridized carbons (Fsp3) is 0.476. The Morgan fingerprint density at radius 1 is 1.09 bits per heavy atom. The van der Waals surface area contributed by atoms with Crippen molar-refractivity contribution in [1.29, 1.82) is 0 Å². The highest BCUT2D eigenvalue weighted by atomic mass is 16.4. The van der Waals surface area contributed by atoms with Crippen molar-refractivity contribution in [3.63, 3.8) is 0 Å². The maximum Gasteiger partial charge on any atom is 0.307 e. The van der Waals surface area contributed by atoms with E-state index in [-0.39, 0.29) is 5.92 Å². The maximum atomic E-state index is 11.8. The summed E-state index contributed by atoms with van der Waals surface area (Å²) in [6, 6.07) is 10.4. The van der Waals surface area contributed by atoms with Crippen LogP contribution in [0, 0.1) is 47.3 Å². The molecule has 0 heterocycles. The summed E-state index contributed by atoms with van der Waals surface area (Å²) < 4.78 is 0. The molecule has 3 fully saturated rings. The summed E-state index contributed by atoms with van der Waals surface area (Å²) in [5.41, 5.74) is 1.25. The van der Waals surface area contributed by atoms with E-state index in [4.69, 9.17) is 0 Å². The van der Waals surface area contributed by atoms with Crippen molar-refractivity contribution in [1.82, 2.24) is 0 Å². The molecule has 4 bridgehead atoms. The Kier molecular flexibility index (Phi) is 2.86. The first kappa shape index (κ1) is 13.6. The summed E-state index contributed by atoms with van der Waals surface area (Å²) in [6.07, 6.45) is 11.4. The van der Waals surface area contributed by atoms with Crippen molar-refractivity contribution in [2.45, 2.75) is 12.8 Å². The number of benzene rings is 1. The average Bonchev–Trinajstić information content (AvgIpc) is 2.76. The van der Waals surface area contributed by atoms with Gasteiger partial charge in [0.05, 0.1) is 5.92 Å². The second-order valence-corrected chi connectivity index (χ2v) is 7.83. The Hall–Kier alpha value is -1.83. The fourth-order valence-corrected chi connectivity index (χ4v) is 6.46. The molecule has 2 nitrogen and oxygen atoms in total. The summed E-state index contributed by atoms with van der Waals surface area (Å²) >= 11 is 0. The van der Waals surface area contributed by atoms with E-state index in [1.54, 1.807) is 0 Å². The van der Waals surface area contributed by atoms with Crippen LogP contribution in [0.1, 0.15) is 18.4 Å². The number of hydrogen-bond donors (Lipinski definition) is 1. The lowest BCUT2D eigenvalue weighted by Gasteiger charge is -2.58. The molecule has 0 radical (unpaired) electrons.